The Kier molecular flexibility index (Phi) is 3.81. The third-order valence-electron chi connectivity index (χ3n) is 3.47. The molecule has 112 valence electrons. The summed E-state index contributed by atoms with van der Waals surface area (Å²) < 4.78 is 5.29. The van der Waals surface area contributed by atoms with Gasteiger partial charge in [-0.3, -0.25) is 4.79 Å². The summed E-state index contributed by atoms with van der Waals surface area (Å²) in [5.74, 6) is -1.13. The Hall–Kier alpha value is -2.04. The van der Waals surface area contributed by atoms with Crippen molar-refractivity contribution in [2.75, 3.05) is 0 Å². The van der Waals surface area contributed by atoms with Crippen molar-refractivity contribution < 1.29 is 19.4 Å². The molecule has 1 N–H and O–H groups in total. The molecular formula is C16H10Cl2O4. The zero-order valence-electron chi connectivity index (χ0n) is 11.2. The molecule has 22 heavy (non-hydrogen) atoms. The van der Waals surface area contributed by atoms with Gasteiger partial charge in [0.15, 0.2) is 11.9 Å². The van der Waals surface area contributed by atoms with Gasteiger partial charge in [-0.2, -0.15) is 0 Å². The van der Waals surface area contributed by atoms with E-state index in [0.29, 0.717) is 11.1 Å². The minimum atomic E-state index is -1.10. The van der Waals surface area contributed by atoms with E-state index in [1.54, 1.807) is 30.3 Å². The smallest absolute Gasteiger partial charge is 0.345 e. The minimum absolute atomic E-state index is 0.0825. The largest absolute Gasteiger partial charge is 0.478 e. The van der Waals surface area contributed by atoms with Crippen LogP contribution in [0.5, 0.6) is 5.75 Å². The van der Waals surface area contributed by atoms with E-state index in [1.165, 1.54) is 6.07 Å². The van der Waals surface area contributed by atoms with Crippen LogP contribution >= 0.6 is 23.2 Å². The van der Waals surface area contributed by atoms with Crippen molar-refractivity contribution in [2.45, 2.75) is 12.5 Å². The van der Waals surface area contributed by atoms with Gasteiger partial charge in [0, 0.05) is 23.1 Å². The molecule has 0 radical (unpaired) electrons. The molecular weight excluding hydrogens is 327 g/mol. The highest BCUT2D eigenvalue weighted by Gasteiger charge is 2.34. The number of benzene rings is 2. The second kappa shape index (κ2) is 5.63. The first-order chi connectivity index (χ1) is 10.5. The monoisotopic (exact) mass is 336 g/mol. The summed E-state index contributed by atoms with van der Waals surface area (Å²) in [4.78, 5) is 23.6. The average Bonchev–Trinajstić information content (AvgIpc) is 2.97. The summed E-state index contributed by atoms with van der Waals surface area (Å²) in [5.41, 5.74) is 1.18. The van der Waals surface area contributed by atoms with E-state index in [1.807, 2.05) is 0 Å². The van der Waals surface area contributed by atoms with Crippen LogP contribution in [-0.4, -0.2) is 23.0 Å². The van der Waals surface area contributed by atoms with Crippen molar-refractivity contribution in [3.05, 3.63) is 63.1 Å². The van der Waals surface area contributed by atoms with Crippen molar-refractivity contribution in [1.29, 1.82) is 0 Å². The quantitative estimate of drug-likeness (QED) is 0.869. The van der Waals surface area contributed by atoms with Crippen molar-refractivity contribution >= 4 is 35.0 Å². The Morgan fingerprint density at radius 1 is 1.18 bits per heavy atom. The number of carboxylic acids is 1. The zero-order valence-corrected chi connectivity index (χ0v) is 12.7. The summed E-state index contributed by atoms with van der Waals surface area (Å²) in [6.45, 7) is 0. The van der Waals surface area contributed by atoms with Crippen LogP contribution in [0.25, 0.3) is 0 Å². The van der Waals surface area contributed by atoms with Crippen LogP contribution < -0.4 is 4.74 Å². The molecule has 3 rings (SSSR count). The molecule has 6 heteroatoms. The molecule has 1 heterocycles. The van der Waals surface area contributed by atoms with Crippen LogP contribution in [0.1, 0.15) is 21.5 Å². The topological polar surface area (TPSA) is 63.6 Å². The highest BCUT2D eigenvalue weighted by Crippen LogP contribution is 2.42. The van der Waals surface area contributed by atoms with Crippen molar-refractivity contribution in [2.24, 2.45) is 0 Å². The van der Waals surface area contributed by atoms with Crippen LogP contribution in [0, 0.1) is 0 Å². The van der Waals surface area contributed by atoms with E-state index in [9.17, 15) is 9.59 Å². The maximum absolute atomic E-state index is 12.5. The summed E-state index contributed by atoms with van der Waals surface area (Å²) in [5, 5.41) is 9.42. The molecule has 0 spiro atoms. The van der Waals surface area contributed by atoms with Gasteiger partial charge in [-0.05, 0) is 6.07 Å². The van der Waals surface area contributed by atoms with Gasteiger partial charge in [-0.15, -0.1) is 0 Å². The molecule has 2 aromatic rings. The van der Waals surface area contributed by atoms with E-state index in [2.05, 4.69) is 0 Å². The first-order valence-corrected chi connectivity index (χ1v) is 7.24. The first kappa shape index (κ1) is 14.9. The number of hydrogen-bond donors (Lipinski definition) is 1. The van der Waals surface area contributed by atoms with Gasteiger partial charge in [0.1, 0.15) is 5.75 Å². The van der Waals surface area contributed by atoms with Crippen LogP contribution in [0.4, 0.5) is 0 Å². The minimum Gasteiger partial charge on any atom is -0.478 e. The van der Waals surface area contributed by atoms with Gasteiger partial charge in [0.25, 0.3) is 0 Å². The van der Waals surface area contributed by atoms with Crippen molar-refractivity contribution in [3.8, 4) is 5.75 Å². The Morgan fingerprint density at radius 2 is 1.86 bits per heavy atom. The van der Waals surface area contributed by atoms with Gasteiger partial charge in [-0.1, -0.05) is 53.5 Å². The van der Waals surface area contributed by atoms with Gasteiger partial charge in [-0.25, -0.2) is 4.79 Å². The normalized spacial score (nSPS) is 16.0. The third kappa shape index (κ3) is 2.45. The number of fused-ring (bicyclic) bond motifs is 1. The summed E-state index contributed by atoms with van der Waals surface area (Å²) >= 11 is 12.4. The number of aliphatic carboxylic acids is 1. The van der Waals surface area contributed by atoms with Crippen molar-refractivity contribution in [3.63, 3.8) is 0 Å². The molecule has 4 nitrogen and oxygen atoms in total. The lowest BCUT2D eigenvalue weighted by molar-refractivity contribution is -0.144. The fraction of sp³-hybridized carbons (Fsp3) is 0.125. The number of carbonyl (C=O) groups is 2. The predicted molar refractivity (Wildman–Crippen MR) is 82.1 cm³/mol. The Bertz CT molecular complexity index is 771. The number of halogens is 2. The summed E-state index contributed by atoms with van der Waals surface area (Å²) in [6, 6.07) is 10.1. The van der Waals surface area contributed by atoms with Gasteiger partial charge in [0.2, 0.25) is 0 Å². The molecule has 0 bridgehead atoms. The maximum Gasteiger partial charge on any atom is 0.345 e. The molecule has 0 fully saturated rings. The number of hydrogen-bond acceptors (Lipinski definition) is 3. The summed E-state index contributed by atoms with van der Waals surface area (Å²) in [7, 11) is 0. The molecule has 0 saturated carbocycles. The molecule has 1 atom stereocenters. The maximum atomic E-state index is 12.5. The molecule has 1 aliphatic rings. The second-order valence-corrected chi connectivity index (χ2v) is 5.66. The highest BCUT2D eigenvalue weighted by molar-refractivity contribution is 6.38. The zero-order chi connectivity index (χ0) is 15.9. The number of ether oxygens (including phenoxy) is 1. The van der Waals surface area contributed by atoms with E-state index >= 15 is 0 Å². The van der Waals surface area contributed by atoms with Gasteiger partial charge in [0.05, 0.1) is 10.0 Å². The molecule has 2 aromatic carbocycles. The van der Waals surface area contributed by atoms with E-state index in [-0.39, 0.29) is 33.6 Å². The van der Waals surface area contributed by atoms with E-state index < -0.39 is 12.1 Å². The standard InChI is InChI=1S/C16H10Cl2O4/c17-11-6-9(14(19)8-4-2-1-3-5-8)13(18)10-7-12(16(20)21)22-15(10)11/h1-6,12H,7H2,(H,20,21). The molecule has 0 aliphatic carbocycles. The van der Waals surface area contributed by atoms with Crippen LogP contribution in [0.15, 0.2) is 36.4 Å². The van der Waals surface area contributed by atoms with Crippen molar-refractivity contribution in [1.82, 2.24) is 0 Å². The lowest BCUT2D eigenvalue weighted by Gasteiger charge is -2.09. The number of carboxylic acid groups (broad SMARTS) is 1. The summed E-state index contributed by atoms with van der Waals surface area (Å²) in [6.07, 6.45) is -0.953. The highest BCUT2D eigenvalue weighted by atomic mass is 35.5. The Morgan fingerprint density at radius 3 is 2.50 bits per heavy atom. The number of rotatable bonds is 3. The SMILES string of the molecule is O=C(c1ccccc1)c1cc(Cl)c2c(c1Cl)CC(C(=O)O)O2. The van der Waals surface area contributed by atoms with Crippen LogP contribution in [-0.2, 0) is 11.2 Å². The molecule has 1 unspecified atom stereocenters. The van der Waals surface area contributed by atoms with Gasteiger partial charge >= 0.3 is 5.97 Å². The lowest BCUT2D eigenvalue weighted by atomic mass is 9.99. The van der Waals surface area contributed by atoms with Crippen LogP contribution in [0.2, 0.25) is 10.0 Å². The van der Waals surface area contributed by atoms with E-state index in [4.69, 9.17) is 33.0 Å². The number of carbonyl (C=O) groups excluding carboxylic acids is 1. The Labute approximate surface area is 136 Å². The average molecular weight is 337 g/mol. The predicted octanol–water partition coefficient (Wildman–Crippen LogP) is 3.61. The molecule has 0 amide bonds. The second-order valence-electron chi connectivity index (χ2n) is 4.87. The fourth-order valence-electron chi connectivity index (χ4n) is 2.39. The van der Waals surface area contributed by atoms with E-state index in [0.717, 1.165) is 0 Å². The number of ketones is 1. The Balaban J connectivity index is 2.06. The lowest BCUT2D eigenvalue weighted by Crippen LogP contribution is -2.24. The first-order valence-electron chi connectivity index (χ1n) is 6.49. The third-order valence-corrected chi connectivity index (χ3v) is 4.18. The molecule has 0 aromatic heterocycles. The molecule has 0 saturated heterocycles. The molecule has 1 aliphatic heterocycles. The van der Waals surface area contributed by atoms with Crippen LogP contribution in [0.3, 0.4) is 0 Å². The fourth-order valence-corrected chi connectivity index (χ4v) is 2.96. The van der Waals surface area contributed by atoms with Gasteiger partial charge < -0.3 is 9.84 Å².